The second kappa shape index (κ2) is 8.09. The molecule has 1 aromatic heterocycles. The summed E-state index contributed by atoms with van der Waals surface area (Å²) < 4.78 is 10.6. The normalized spacial score (nSPS) is 10.4. The Bertz CT molecular complexity index is 945. The lowest BCUT2D eigenvalue weighted by Gasteiger charge is -2.13. The molecule has 27 heavy (non-hydrogen) atoms. The maximum absolute atomic E-state index is 6.14. The van der Waals surface area contributed by atoms with Crippen molar-refractivity contribution < 1.29 is 9.47 Å². The minimum absolute atomic E-state index is 0.312. The van der Waals surface area contributed by atoms with Gasteiger partial charge in [0, 0.05) is 17.8 Å². The number of hydrogen-bond acceptors (Lipinski definition) is 7. The Morgan fingerprint density at radius 1 is 0.889 bits per heavy atom. The fourth-order valence-corrected chi connectivity index (χ4v) is 2.92. The fourth-order valence-electron chi connectivity index (χ4n) is 2.69. The molecule has 0 radical (unpaired) electrons. The lowest BCUT2D eigenvalue weighted by Crippen LogP contribution is -2.04. The van der Waals surface area contributed by atoms with Crippen molar-refractivity contribution in [3.63, 3.8) is 0 Å². The number of nitrogens with one attached hydrogen (secondary N) is 2. The van der Waals surface area contributed by atoms with Crippen molar-refractivity contribution in [1.82, 2.24) is 15.2 Å². The second-order valence-corrected chi connectivity index (χ2v) is 6.39. The van der Waals surface area contributed by atoms with Gasteiger partial charge in [-0.25, -0.2) is 0 Å². The summed E-state index contributed by atoms with van der Waals surface area (Å²) >= 11 is 6.14. The number of halogens is 1. The van der Waals surface area contributed by atoms with Gasteiger partial charge in [0.25, 0.3) is 0 Å². The van der Waals surface area contributed by atoms with Gasteiger partial charge >= 0.3 is 0 Å². The fraction of sp³-hybridized carbons (Fsp3) is 0.211. The van der Waals surface area contributed by atoms with E-state index in [0.717, 1.165) is 16.8 Å². The number of methoxy groups -OCH3 is 2. The molecule has 7 nitrogen and oxygen atoms in total. The third-order valence-electron chi connectivity index (χ3n) is 3.77. The molecule has 3 aromatic rings. The molecule has 0 aliphatic carbocycles. The van der Waals surface area contributed by atoms with E-state index in [1.807, 2.05) is 26.0 Å². The molecule has 2 N–H and O–H groups in total. The highest BCUT2D eigenvalue weighted by molar-refractivity contribution is 6.32. The van der Waals surface area contributed by atoms with Crippen LogP contribution in [-0.2, 0) is 0 Å². The average molecular weight is 386 g/mol. The molecule has 140 valence electrons. The number of rotatable bonds is 6. The van der Waals surface area contributed by atoms with Crippen molar-refractivity contribution >= 4 is 34.7 Å². The van der Waals surface area contributed by atoms with Crippen LogP contribution in [0, 0.1) is 13.8 Å². The van der Waals surface area contributed by atoms with Crippen LogP contribution < -0.4 is 20.1 Å². The Kier molecular flexibility index (Phi) is 5.61. The Labute approximate surface area is 162 Å². The number of benzene rings is 2. The van der Waals surface area contributed by atoms with E-state index < -0.39 is 0 Å². The lowest BCUT2D eigenvalue weighted by atomic mass is 10.1. The largest absolute Gasteiger partial charge is 0.495 e. The Morgan fingerprint density at radius 2 is 1.59 bits per heavy atom. The summed E-state index contributed by atoms with van der Waals surface area (Å²) in [5.74, 6) is 1.93. The third kappa shape index (κ3) is 4.57. The topological polar surface area (TPSA) is 81.2 Å². The van der Waals surface area contributed by atoms with Gasteiger partial charge < -0.3 is 20.1 Å². The van der Waals surface area contributed by atoms with Crippen LogP contribution in [0.3, 0.4) is 0 Å². The predicted octanol–water partition coefficient (Wildman–Crippen LogP) is 4.65. The SMILES string of the molecule is COc1cc(Nc2nncc(Nc3cc(C)cc(C)c3)n2)c(OC)cc1Cl. The summed E-state index contributed by atoms with van der Waals surface area (Å²) in [4.78, 5) is 4.45. The highest BCUT2D eigenvalue weighted by Gasteiger charge is 2.12. The zero-order valence-corrected chi connectivity index (χ0v) is 16.3. The highest BCUT2D eigenvalue weighted by atomic mass is 35.5. The first-order valence-corrected chi connectivity index (χ1v) is 8.60. The smallest absolute Gasteiger partial charge is 0.249 e. The van der Waals surface area contributed by atoms with Gasteiger partial charge in [-0.2, -0.15) is 10.1 Å². The van der Waals surface area contributed by atoms with Crippen LogP contribution in [-0.4, -0.2) is 29.4 Å². The van der Waals surface area contributed by atoms with Crippen LogP contribution in [0.15, 0.2) is 36.5 Å². The van der Waals surface area contributed by atoms with E-state index in [0.29, 0.717) is 34.0 Å². The molecule has 0 aliphatic heterocycles. The molecule has 0 amide bonds. The summed E-state index contributed by atoms with van der Waals surface area (Å²) in [5.41, 5.74) is 3.88. The molecule has 1 heterocycles. The number of hydrogen-bond donors (Lipinski definition) is 2. The molecule has 0 saturated heterocycles. The van der Waals surface area contributed by atoms with Crippen LogP contribution in [0.25, 0.3) is 0 Å². The van der Waals surface area contributed by atoms with E-state index in [-0.39, 0.29) is 0 Å². The molecule has 2 aromatic carbocycles. The van der Waals surface area contributed by atoms with Crippen molar-refractivity contribution in [2.75, 3.05) is 24.9 Å². The van der Waals surface area contributed by atoms with Crippen LogP contribution in [0.1, 0.15) is 11.1 Å². The van der Waals surface area contributed by atoms with Crippen molar-refractivity contribution in [2.24, 2.45) is 0 Å². The first-order chi connectivity index (χ1) is 13.0. The minimum Gasteiger partial charge on any atom is -0.495 e. The van der Waals surface area contributed by atoms with Crippen molar-refractivity contribution in [1.29, 1.82) is 0 Å². The van der Waals surface area contributed by atoms with Gasteiger partial charge in [0.05, 0.1) is 31.1 Å². The summed E-state index contributed by atoms with van der Waals surface area (Å²) in [6, 6.07) is 9.56. The van der Waals surface area contributed by atoms with Gasteiger partial charge in [-0.3, -0.25) is 0 Å². The van der Waals surface area contributed by atoms with Gasteiger partial charge in [0.2, 0.25) is 5.95 Å². The molecule has 8 heteroatoms. The second-order valence-electron chi connectivity index (χ2n) is 5.98. The Morgan fingerprint density at radius 3 is 2.26 bits per heavy atom. The van der Waals surface area contributed by atoms with Crippen LogP contribution in [0.5, 0.6) is 11.5 Å². The zero-order valence-electron chi connectivity index (χ0n) is 15.5. The van der Waals surface area contributed by atoms with Gasteiger partial charge in [-0.15, -0.1) is 5.10 Å². The number of aromatic nitrogens is 3. The first kappa shape index (κ1) is 18.7. The highest BCUT2D eigenvalue weighted by Crippen LogP contribution is 2.36. The first-order valence-electron chi connectivity index (χ1n) is 8.22. The molecule has 0 aliphatic rings. The molecule has 0 unspecified atom stereocenters. The molecular weight excluding hydrogens is 366 g/mol. The van der Waals surface area contributed by atoms with Crippen LogP contribution in [0.2, 0.25) is 5.02 Å². The van der Waals surface area contributed by atoms with Crippen molar-refractivity contribution in [2.45, 2.75) is 13.8 Å². The number of nitrogens with zero attached hydrogens (tertiary/aromatic N) is 3. The average Bonchev–Trinajstić information content (AvgIpc) is 2.62. The summed E-state index contributed by atoms with van der Waals surface area (Å²) in [5, 5.41) is 14.8. The molecule has 0 spiro atoms. The van der Waals surface area contributed by atoms with E-state index in [1.165, 1.54) is 0 Å². The lowest BCUT2D eigenvalue weighted by molar-refractivity contribution is 0.405. The van der Waals surface area contributed by atoms with Gasteiger partial charge in [-0.1, -0.05) is 17.7 Å². The van der Waals surface area contributed by atoms with E-state index >= 15 is 0 Å². The molecule has 0 atom stereocenters. The van der Waals surface area contributed by atoms with E-state index in [2.05, 4.69) is 31.9 Å². The van der Waals surface area contributed by atoms with E-state index in [4.69, 9.17) is 21.1 Å². The predicted molar refractivity (Wildman–Crippen MR) is 107 cm³/mol. The Balaban J connectivity index is 1.86. The molecule has 0 fully saturated rings. The number of ether oxygens (including phenoxy) is 2. The van der Waals surface area contributed by atoms with Crippen molar-refractivity contribution in [3.05, 3.63) is 52.7 Å². The van der Waals surface area contributed by atoms with Crippen LogP contribution >= 0.6 is 11.6 Å². The molecule has 0 saturated carbocycles. The van der Waals surface area contributed by atoms with E-state index in [1.54, 1.807) is 32.5 Å². The maximum atomic E-state index is 6.14. The summed E-state index contributed by atoms with van der Waals surface area (Å²) in [7, 11) is 3.10. The van der Waals surface area contributed by atoms with Crippen molar-refractivity contribution in [3.8, 4) is 11.5 Å². The maximum Gasteiger partial charge on any atom is 0.249 e. The summed E-state index contributed by atoms with van der Waals surface area (Å²) in [6.07, 6.45) is 1.56. The molecule has 0 bridgehead atoms. The third-order valence-corrected chi connectivity index (χ3v) is 4.07. The summed E-state index contributed by atoms with van der Waals surface area (Å²) in [6.45, 7) is 4.09. The van der Waals surface area contributed by atoms with Gasteiger partial charge in [0.15, 0.2) is 5.82 Å². The standard InChI is InChI=1S/C19H20ClN5O2/c1-11-5-12(2)7-13(6-11)22-18-10-21-25-19(24-18)23-15-9-16(26-3)14(20)8-17(15)27-4/h5-10H,1-4H3,(H2,22,23,24,25). The molecule has 3 rings (SSSR count). The quantitative estimate of drug-likeness (QED) is 0.639. The van der Waals surface area contributed by atoms with Gasteiger partial charge in [0.1, 0.15) is 11.5 Å². The minimum atomic E-state index is 0.312. The Hall–Kier alpha value is -3.06. The zero-order chi connectivity index (χ0) is 19.4. The molecular formula is C19H20ClN5O2. The van der Waals surface area contributed by atoms with E-state index in [9.17, 15) is 0 Å². The number of anilines is 4. The van der Waals surface area contributed by atoms with Gasteiger partial charge in [-0.05, 0) is 37.1 Å². The van der Waals surface area contributed by atoms with Crippen LogP contribution in [0.4, 0.5) is 23.1 Å². The monoisotopic (exact) mass is 385 g/mol. The number of aryl methyl sites for hydroxylation is 2.